The monoisotopic (exact) mass is 515 g/mol. The summed E-state index contributed by atoms with van der Waals surface area (Å²) >= 11 is 1.48. The molecule has 1 atom stereocenters. The van der Waals surface area contributed by atoms with E-state index >= 15 is 0 Å². The molecule has 1 amide bonds. The van der Waals surface area contributed by atoms with Crippen molar-refractivity contribution in [3.05, 3.63) is 124 Å². The maximum Gasteiger partial charge on any atom is 0.270 e. The zero-order valence-electron chi connectivity index (χ0n) is 21.4. The normalized spacial score (nSPS) is 12.1. The molecule has 4 rings (SSSR count). The van der Waals surface area contributed by atoms with Crippen molar-refractivity contribution in [2.45, 2.75) is 51.7 Å². The SMILES string of the molecule is CCC(C)NC(=O)c1csc(CN(CCC(c2ccccc2)c2ccccc2)Cc2ccccc2F)n1. The molecule has 0 fully saturated rings. The lowest BCUT2D eigenvalue weighted by molar-refractivity contribution is 0.0934. The first kappa shape index (κ1) is 26.7. The standard InChI is InChI=1S/C31H34FN3OS/c1-3-23(2)33-31(36)29-22-37-30(34-29)21-35(20-26-16-10-11-17-28(26)32)19-18-27(24-12-6-4-7-13-24)25-14-8-5-9-15-25/h4-17,22-23,27H,3,18-21H2,1-2H3,(H,33,36). The molecule has 0 aliphatic rings. The zero-order valence-corrected chi connectivity index (χ0v) is 22.3. The molecule has 4 aromatic rings. The highest BCUT2D eigenvalue weighted by atomic mass is 32.1. The molecule has 0 aliphatic carbocycles. The average Bonchev–Trinajstić information content (AvgIpc) is 3.40. The van der Waals surface area contributed by atoms with Crippen LogP contribution in [-0.2, 0) is 13.1 Å². The van der Waals surface area contributed by atoms with E-state index in [0.29, 0.717) is 24.3 Å². The van der Waals surface area contributed by atoms with Gasteiger partial charge in [-0.25, -0.2) is 9.37 Å². The number of nitrogens with one attached hydrogen (secondary N) is 1. The number of thiazole rings is 1. The van der Waals surface area contributed by atoms with Crippen LogP contribution in [0, 0.1) is 5.82 Å². The summed E-state index contributed by atoms with van der Waals surface area (Å²) in [6, 6.07) is 28.1. The molecule has 6 heteroatoms. The summed E-state index contributed by atoms with van der Waals surface area (Å²) in [5.74, 6) is -0.132. The first-order valence-electron chi connectivity index (χ1n) is 12.8. The minimum Gasteiger partial charge on any atom is -0.348 e. The van der Waals surface area contributed by atoms with Crippen LogP contribution in [0.25, 0.3) is 0 Å². The number of rotatable bonds is 12. The highest BCUT2D eigenvalue weighted by Gasteiger charge is 2.19. The Morgan fingerprint density at radius 2 is 1.57 bits per heavy atom. The van der Waals surface area contributed by atoms with Crippen molar-refractivity contribution in [1.82, 2.24) is 15.2 Å². The van der Waals surface area contributed by atoms with E-state index in [4.69, 9.17) is 0 Å². The number of aromatic nitrogens is 1. The molecule has 0 radical (unpaired) electrons. The van der Waals surface area contributed by atoms with Crippen LogP contribution in [0.15, 0.2) is 90.3 Å². The van der Waals surface area contributed by atoms with Crippen LogP contribution in [0.5, 0.6) is 0 Å². The van der Waals surface area contributed by atoms with E-state index < -0.39 is 0 Å². The summed E-state index contributed by atoms with van der Waals surface area (Å²) in [5, 5.41) is 5.64. The second kappa shape index (κ2) is 13.3. The molecular formula is C31H34FN3OS. The highest BCUT2D eigenvalue weighted by molar-refractivity contribution is 7.09. The maximum absolute atomic E-state index is 14.6. The fraction of sp³-hybridized carbons (Fsp3) is 0.290. The predicted octanol–water partition coefficient (Wildman–Crippen LogP) is 7.03. The third-order valence-electron chi connectivity index (χ3n) is 6.62. The lowest BCUT2D eigenvalue weighted by Crippen LogP contribution is -2.32. The number of nitrogens with zero attached hydrogens (tertiary/aromatic N) is 2. The molecule has 3 aromatic carbocycles. The van der Waals surface area contributed by atoms with Gasteiger partial charge in [-0.05, 0) is 43.5 Å². The third-order valence-corrected chi connectivity index (χ3v) is 7.46. The predicted molar refractivity (Wildman–Crippen MR) is 149 cm³/mol. The Kier molecular flexibility index (Phi) is 9.58. The van der Waals surface area contributed by atoms with E-state index in [1.54, 1.807) is 6.07 Å². The Bertz CT molecular complexity index is 1220. The van der Waals surface area contributed by atoms with Crippen LogP contribution < -0.4 is 5.32 Å². The van der Waals surface area contributed by atoms with Gasteiger partial charge in [0, 0.05) is 29.4 Å². The Hall–Kier alpha value is -3.35. The summed E-state index contributed by atoms with van der Waals surface area (Å²) < 4.78 is 14.6. The van der Waals surface area contributed by atoms with Crippen LogP contribution >= 0.6 is 11.3 Å². The van der Waals surface area contributed by atoms with Gasteiger partial charge >= 0.3 is 0 Å². The Morgan fingerprint density at radius 1 is 0.946 bits per heavy atom. The highest BCUT2D eigenvalue weighted by Crippen LogP contribution is 2.29. The minimum absolute atomic E-state index is 0.100. The molecule has 0 spiro atoms. The van der Waals surface area contributed by atoms with Crippen molar-refractivity contribution in [2.24, 2.45) is 0 Å². The molecule has 4 nitrogen and oxygen atoms in total. The fourth-order valence-corrected chi connectivity index (χ4v) is 5.18. The first-order valence-corrected chi connectivity index (χ1v) is 13.7. The van der Waals surface area contributed by atoms with Gasteiger partial charge in [-0.2, -0.15) is 0 Å². The fourth-order valence-electron chi connectivity index (χ4n) is 4.37. The van der Waals surface area contributed by atoms with Crippen LogP contribution in [0.2, 0.25) is 0 Å². The van der Waals surface area contributed by atoms with E-state index in [1.807, 2.05) is 43.5 Å². The Morgan fingerprint density at radius 3 is 2.19 bits per heavy atom. The summed E-state index contributed by atoms with van der Waals surface area (Å²) in [4.78, 5) is 19.4. The number of halogens is 1. The number of hydrogen-bond donors (Lipinski definition) is 1. The second-order valence-electron chi connectivity index (χ2n) is 9.37. The number of carbonyl (C=O) groups is 1. The zero-order chi connectivity index (χ0) is 26.0. The number of carbonyl (C=O) groups excluding carboxylic acids is 1. The van der Waals surface area contributed by atoms with Crippen molar-refractivity contribution >= 4 is 17.2 Å². The topological polar surface area (TPSA) is 45.2 Å². The molecule has 1 unspecified atom stereocenters. The van der Waals surface area contributed by atoms with E-state index in [9.17, 15) is 9.18 Å². The van der Waals surface area contributed by atoms with E-state index in [1.165, 1.54) is 28.5 Å². The first-order chi connectivity index (χ1) is 18.0. The molecule has 192 valence electrons. The van der Waals surface area contributed by atoms with Crippen LogP contribution in [0.4, 0.5) is 4.39 Å². The van der Waals surface area contributed by atoms with Gasteiger partial charge in [0.05, 0.1) is 6.54 Å². The van der Waals surface area contributed by atoms with Crippen LogP contribution in [0.1, 0.15) is 64.8 Å². The number of hydrogen-bond acceptors (Lipinski definition) is 4. The van der Waals surface area contributed by atoms with Gasteiger partial charge in [-0.1, -0.05) is 85.8 Å². The van der Waals surface area contributed by atoms with E-state index in [2.05, 4.69) is 63.7 Å². The van der Waals surface area contributed by atoms with Crippen molar-refractivity contribution in [2.75, 3.05) is 6.54 Å². The smallest absolute Gasteiger partial charge is 0.270 e. The van der Waals surface area contributed by atoms with Crippen LogP contribution in [0.3, 0.4) is 0 Å². The largest absolute Gasteiger partial charge is 0.348 e. The van der Waals surface area contributed by atoms with Gasteiger partial charge in [0.15, 0.2) is 0 Å². The van der Waals surface area contributed by atoms with Gasteiger partial charge in [0.1, 0.15) is 16.5 Å². The summed E-state index contributed by atoms with van der Waals surface area (Å²) in [6.07, 6.45) is 1.73. The van der Waals surface area contributed by atoms with Gasteiger partial charge in [-0.15, -0.1) is 11.3 Å². The molecule has 1 heterocycles. The minimum atomic E-state index is -0.206. The lowest BCUT2D eigenvalue weighted by atomic mass is 9.88. The van der Waals surface area contributed by atoms with Gasteiger partial charge < -0.3 is 5.32 Å². The van der Waals surface area contributed by atoms with Gasteiger partial charge in [0.2, 0.25) is 0 Å². The molecule has 37 heavy (non-hydrogen) atoms. The second-order valence-corrected chi connectivity index (χ2v) is 10.3. The van der Waals surface area contributed by atoms with Crippen molar-refractivity contribution in [1.29, 1.82) is 0 Å². The average molecular weight is 516 g/mol. The van der Waals surface area contributed by atoms with Crippen molar-refractivity contribution in [3.8, 4) is 0 Å². The number of amides is 1. The Labute approximate surface area is 223 Å². The third kappa shape index (κ3) is 7.57. The summed E-state index contributed by atoms with van der Waals surface area (Å²) in [5.41, 5.74) is 3.62. The molecular weight excluding hydrogens is 481 g/mol. The van der Waals surface area contributed by atoms with Crippen molar-refractivity contribution in [3.63, 3.8) is 0 Å². The summed E-state index contributed by atoms with van der Waals surface area (Å²) in [7, 11) is 0. The summed E-state index contributed by atoms with van der Waals surface area (Å²) in [6.45, 7) is 5.78. The molecule has 0 saturated carbocycles. The molecule has 0 bridgehead atoms. The van der Waals surface area contributed by atoms with Gasteiger partial charge in [0.25, 0.3) is 5.91 Å². The molecule has 1 aromatic heterocycles. The quantitative estimate of drug-likeness (QED) is 0.220. The Balaban J connectivity index is 1.54. The molecule has 1 N–H and O–H groups in total. The molecule has 0 saturated heterocycles. The van der Waals surface area contributed by atoms with Crippen LogP contribution in [-0.4, -0.2) is 28.4 Å². The van der Waals surface area contributed by atoms with Gasteiger partial charge in [-0.3, -0.25) is 9.69 Å². The van der Waals surface area contributed by atoms with E-state index in [-0.39, 0.29) is 23.7 Å². The lowest BCUT2D eigenvalue weighted by Gasteiger charge is -2.25. The number of benzene rings is 3. The van der Waals surface area contributed by atoms with Crippen molar-refractivity contribution < 1.29 is 9.18 Å². The van der Waals surface area contributed by atoms with E-state index in [0.717, 1.165) is 24.4 Å². The molecule has 0 aliphatic heterocycles. The maximum atomic E-state index is 14.6.